The second-order valence-electron chi connectivity index (χ2n) is 5.85. The average Bonchev–Trinajstić information content (AvgIpc) is 2.65. The Labute approximate surface area is 143 Å². The van der Waals surface area contributed by atoms with Crippen molar-refractivity contribution in [2.24, 2.45) is 0 Å². The molecule has 124 valence electrons. The van der Waals surface area contributed by atoms with Crippen molar-refractivity contribution in [2.45, 2.75) is 0 Å². The average molecular weight is 321 g/mol. The van der Waals surface area contributed by atoms with Gasteiger partial charge in [0.2, 0.25) is 6.41 Å². The van der Waals surface area contributed by atoms with Crippen LogP contribution in [0.25, 0.3) is 6.08 Å². The van der Waals surface area contributed by atoms with Crippen molar-refractivity contribution in [3.63, 3.8) is 0 Å². The van der Waals surface area contributed by atoms with Crippen molar-refractivity contribution in [2.75, 3.05) is 37.7 Å². The van der Waals surface area contributed by atoms with Gasteiger partial charge in [-0.25, -0.2) is 10.0 Å². The lowest BCUT2D eigenvalue weighted by atomic mass is 10.2. The largest absolute Gasteiger partial charge is 0.297 e. The lowest BCUT2D eigenvalue weighted by Gasteiger charge is -2.39. The van der Waals surface area contributed by atoms with Crippen molar-refractivity contribution in [1.82, 2.24) is 9.91 Å². The van der Waals surface area contributed by atoms with Crippen LogP contribution in [0.4, 0.5) is 5.69 Å². The molecule has 1 fully saturated rings. The molecule has 2 aromatic rings. The van der Waals surface area contributed by atoms with Gasteiger partial charge in [-0.3, -0.25) is 9.69 Å². The van der Waals surface area contributed by atoms with Crippen LogP contribution < -0.4 is 5.01 Å². The summed E-state index contributed by atoms with van der Waals surface area (Å²) in [6.07, 6.45) is 5.27. The van der Waals surface area contributed by atoms with Crippen LogP contribution in [0.5, 0.6) is 0 Å². The maximum absolute atomic E-state index is 11.5. The van der Waals surface area contributed by atoms with Crippen molar-refractivity contribution < 1.29 is 4.79 Å². The van der Waals surface area contributed by atoms with Crippen LogP contribution >= 0.6 is 0 Å². The van der Waals surface area contributed by atoms with Crippen LogP contribution in [-0.4, -0.2) is 49.0 Å². The minimum Gasteiger partial charge on any atom is -0.297 e. The molecule has 0 spiro atoms. The Hall–Kier alpha value is -2.43. The van der Waals surface area contributed by atoms with Crippen molar-refractivity contribution >= 4 is 18.2 Å². The quantitative estimate of drug-likeness (QED) is 0.766. The number of rotatable bonds is 6. The lowest BCUT2D eigenvalue weighted by molar-refractivity contribution is -0.110. The summed E-state index contributed by atoms with van der Waals surface area (Å²) >= 11 is 0. The summed E-state index contributed by atoms with van der Waals surface area (Å²) in [7, 11) is 0. The molecule has 0 radical (unpaired) electrons. The molecular weight excluding hydrogens is 298 g/mol. The second kappa shape index (κ2) is 8.43. The zero-order valence-corrected chi connectivity index (χ0v) is 13.8. The van der Waals surface area contributed by atoms with Gasteiger partial charge in [-0.2, -0.15) is 0 Å². The summed E-state index contributed by atoms with van der Waals surface area (Å²) in [5, 5.41) is 3.83. The number of nitrogens with zero attached hydrogens (tertiary/aromatic N) is 3. The van der Waals surface area contributed by atoms with E-state index in [9.17, 15) is 4.79 Å². The number of para-hydroxylation sites is 1. The maximum Gasteiger partial charge on any atom is 0.228 e. The van der Waals surface area contributed by atoms with Crippen LogP contribution in [-0.2, 0) is 4.79 Å². The van der Waals surface area contributed by atoms with E-state index in [-0.39, 0.29) is 0 Å². The standard InChI is InChI=1S/C20H23N3O/c24-18-23(20-11-5-2-6-12-20)22-16-14-21(15-17-22)13-7-10-19-8-3-1-4-9-19/h1-12,18H,13-17H2. The molecule has 3 rings (SSSR count). The highest BCUT2D eigenvalue weighted by molar-refractivity contribution is 5.73. The third kappa shape index (κ3) is 4.31. The summed E-state index contributed by atoms with van der Waals surface area (Å²) < 4.78 is 0. The van der Waals surface area contributed by atoms with Crippen LogP contribution in [0.3, 0.4) is 0 Å². The monoisotopic (exact) mass is 321 g/mol. The molecule has 24 heavy (non-hydrogen) atoms. The molecule has 0 aliphatic carbocycles. The molecule has 0 N–H and O–H groups in total. The van der Waals surface area contributed by atoms with Gasteiger partial charge < -0.3 is 0 Å². The van der Waals surface area contributed by atoms with E-state index < -0.39 is 0 Å². The van der Waals surface area contributed by atoms with Gasteiger partial charge in [0.1, 0.15) is 0 Å². The molecule has 1 saturated heterocycles. The van der Waals surface area contributed by atoms with Crippen LogP contribution in [0.1, 0.15) is 5.56 Å². The predicted molar refractivity (Wildman–Crippen MR) is 98.5 cm³/mol. The molecule has 2 aromatic carbocycles. The van der Waals surface area contributed by atoms with Gasteiger partial charge in [-0.1, -0.05) is 60.7 Å². The van der Waals surface area contributed by atoms with E-state index in [1.807, 2.05) is 36.4 Å². The van der Waals surface area contributed by atoms with Crippen molar-refractivity contribution in [3.05, 3.63) is 72.3 Å². The van der Waals surface area contributed by atoms with Crippen LogP contribution in [0.2, 0.25) is 0 Å². The molecule has 4 nitrogen and oxygen atoms in total. The number of piperazine rings is 1. The smallest absolute Gasteiger partial charge is 0.228 e. The minimum absolute atomic E-state index is 0.854. The molecule has 0 bridgehead atoms. The number of hydrogen-bond donors (Lipinski definition) is 0. The Morgan fingerprint density at radius 2 is 1.50 bits per heavy atom. The van der Waals surface area contributed by atoms with Gasteiger partial charge in [0.15, 0.2) is 0 Å². The summed E-state index contributed by atoms with van der Waals surface area (Å²) in [6.45, 7) is 4.56. The Balaban J connectivity index is 1.50. The SMILES string of the molecule is O=CN(c1ccccc1)N1CCN(CC=Cc2ccccc2)CC1. The van der Waals surface area contributed by atoms with Crippen LogP contribution in [0, 0.1) is 0 Å². The van der Waals surface area contributed by atoms with Gasteiger partial charge in [0.25, 0.3) is 0 Å². The van der Waals surface area contributed by atoms with E-state index in [0.29, 0.717) is 0 Å². The first-order chi connectivity index (χ1) is 11.9. The zero-order chi connectivity index (χ0) is 16.6. The maximum atomic E-state index is 11.5. The highest BCUT2D eigenvalue weighted by Gasteiger charge is 2.21. The fourth-order valence-corrected chi connectivity index (χ4v) is 2.91. The number of anilines is 1. The fraction of sp³-hybridized carbons (Fsp3) is 0.250. The highest BCUT2D eigenvalue weighted by Crippen LogP contribution is 2.15. The second-order valence-corrected chi connectivity index (χ2v) is 5.85. The number of hydrogen-bond acceptors (Lipinski definition) is 3. The lowest BCUT2D eigenvalue weighted by Crippen LogP contribution is -2.53. The molecule has 1 aliphatic heterocycles. The number of carbonyl (C=O) groups is 1. The molecule has 4 heteroatoms. The minimum atomic E-state index is 0.854. The molecular formula is C20H23N3O. The summed E-state index contributed by atoms with van der Waals surface area (Å²) in [6, 6.07) is 20.1. The first-order valence-electron chi connectivity index (χ1n) is 8.35. The van der Waals surface area contributed by atoms with E-state index in [4.69, 9.17) is 0 Å². The van der Waals surface area contributed by atoms with Gasteiger partial charge in [-0.15, -0.1) is 0 Å². The van der Waals surface area contributed by atoms with Gasteiger partial charge in [0.05, 0.1) is 5.69 Å². The highest BCUT2D eigenvalue weighted by atomic mass is 16.1. The number of hydrazine groups is 1. The van der Waals surface area contributed by atoms with E-state index in [0.717, 1.165) is 44.8 Å². The topological polar surface area (TPSA) is 26.8 Å². The Morgan fingerprint density at radius 3 is 2.12 bits per heavy atom. The van der Waals surface area contributed by atoms with Crippen molar-refractivity contribution in [3.8, 4) is 0 Å². The Kier molecular flexibility index (Phi) is 5.77. The normalized spacial score (nSPS) is 16.3. The van der Waals surface area contributed by atoms with E-state index >= 15 is 0 Å². The molecule has 1 aliphatic rings. The molecule has 0 aromatic heterocycles. The summed E-state index contributed by atoms with van der Waals surface area (Å²) in [4.78, 5) is 13.9. The first-order valence-corrected chi connectivity index (χ1v) is 8.35. The predicted octanol–water partition coefficient (Wildman–Crippen LogP) is 2.90. The number of benzene rings is 2. The number of carbonyl (C=O) groups excluding carboxylic acids is 1. The van der Waals surface area contributed by atoms with Gasteiger partial charge in [-0.05, 0) is 17.7 Å². The van der Waals surface area contributed by atoms with Gasteiger partial charge >= 0.3 is 0 Å². The molecule has 0 saturated carbocycles. The van der Waals surface area contributed by atoms with E-state index in [2.05, 4.69) is 46.3 Å². The van der Waals surface area contributed by atoms with Gasteiger partial charge in [0, 0.05) is 32.7 Å². The third-order valence-corrected chi connectivity index (χ3v) is 4.25. The molecule has 0 unspecified atom stereocenters. The fourth-order valence-electron chi connectivity index (χ4n) is 2.91. The Bertz CT molecular complexity index is 649. The Morgan fingerprint density at radius 1 is 0.875 bits per heavy atom. The number of amides is 1. The zero-order valence-electron chi connectivity index (χ0n) is 13.8. The van der Waals surface area contributed by atoms with Crippen molar-refractivity contribution in [1.29, 1.82) is 0 Å². The molecule has 0 atom stereocenters. The third-order valence-electron chi connectivity index (χ3n) is 4.25. The summed E-state index contributed by atoms with van der Waals surface area (Å²) in [5.41, 5.74) is 2.15. The molecule has 1 heterocycles. The van der Waals surface area contributed by atoms with Crippen LogP contribution in [0.15, 0.2) is 66.7 Å². The van der Waals surface area contributed by atoms with E-state index in [1.165, 1.54) is 5.56 Å². The molecule has 1 amide bonds. The first kappa shape index (κ1) is 16.4. The summed E-state index contributed by atoms with van der Waals surface area (Å²) in [5.74, 6) is 0. The van der Waals surface area contributed by atoms with E-state index in [1.54, 1.807) is 5.01 Å².